The van der Waals surface area contributed by atoms with Crippen LogP contribution < -0.4 is 10.5 Å². The Morgan fingerprint density at radius 2 is 1.95 bits per heavy atom. The van der Waals surface area contributed by atoms with Crippen molar-refractivity contribution >= 4 is 27.0 Å². The highest BCUT2D eigenvalue weighted by molar-refractivity contribution is 7.89. The van der Waals surface area contributed by atoms with Gasteiger partial charge in [0.2, 0.25) is 10.0 Å². The van der Waals surface area contributed by atoms with E-state index in [0.717, 1.165) is 16.7 Å². The Bertz CT molecular complexity index is 692. The van der Waals surface area contributed by atoms with E-state index in [1.165, 1.54) is 0 Å². The Labute approximate surface area is 123 Å². The topological polar surface area (TPSA) is 72.2 Å². The van der Waals surface area contributed by atoms with Gasteiger partial charge in [0.1, 0.15) is 4.90 Å². The predicted octanol–water partition coefficient (Wildman–Crippen LogP) is 2.47. The number of nitrogens with one attached hydrogen (secondary N) is 1. The van der Waals surface area contributed by atoms with Crippen LogP contribution >= 0.6 is 11.3 Å². The highest BCUT2D eigenvalue weighted by atomic mass is 32.2. The van der Waals surface area contributed by atoms with Crippen LogP contribution in [0.5, 0.6) is 0 Å². The monoisotopic (exact) mass is 310 g/mol. The van der Waals surface area contributed by atoms with Gasteiger partial charge in [-0.25, -0.2) is 13.1 Å². The van der Waals surface area contributed by atoms with Gasteiger partial charge in [-0.1, -0.05) is 0 Å². The molecule has 2 aromatic rings. The second-order valence-electron chi connectivity index (χ2n) is 4.75. The number of sulfonamides is 1. The summed E-state index contributed by atoms with van der Waals surface area (Å²) in [6, 6.07) is 5.31. The SMILES string of the molecule is Cc1cc(N)c(S(=O)(=O)NCCc2ccsc2)cc1C. The van der Waals surface area contributed by atoms with Crippen molar-refractivity contribution in [1.29, 1.82) is 0 Å². The first-order valence-corrected chi connectivity index (χ1v) is 8.70. The van der Waals surface area contributed by atoms with Gasteiger partial charge in [-0.3, -0.25) is 0 Å². The van der Waals surface area contributed by atoms with Crippen molar-refractivity contribution in [2.24, 2.45) is 0 Å². The zero-order valence-corrected chi connectivity index (χ0v) is 13.1. The van der Waals surface area contributed by atoms with E-state index in [4.69, 9.17) is 5.73 Å². The third-order valence-electron chi connectivity index (χ3n) is 3.20. The van der Waals surface area contributed by atoms with Crippen LogP contribution in [0.3, 0.4) is 0 Å². The molecule has 0 aliphatic heterocycles. The average molecular weight is 310 g/mol. The molecule has 0 unspecified atom stereocenters. The normalized spacial score (nSPS) is 11.7. The fraction of sp³-hybridized carbons (Fsp3) is 0.286. The van der Waals surface area contributed by atoms with Gasteiger partial charge in [0.25, 0.3) is 0 Å². The van der Waals surface area contributed by atoms with E-state index in [9.17, 15) is 8.42 Å². The fourth-order valence-electron chi connectivity index (χ4n) is 1.89. The Kier molecular flexibility index (Phi) is 4.47. The Morgan fingerprint density at radius 3 is 2.60 bits per heavy atom. The molecule has 0 aliphatic rings. The lowest BCUT2D eigenvalue weighted by molar-refractivity contribution is 0.582. The van der Waals surface area contributed by atoms with Gasteiger partial charge in [0, 0.05) is 6.54 Å². The first-order chi connectivity index (χ1) is 9.40. The summed E-state index contributed by atoms with van der Waals surface area (Å²) in [5.74, 6) is 0. The number of rotatable bonds is 5. The summed E-state index contributed by atoms with van der Waals surface area (Å²) < 4.78 is 27.1. The molecule has 0 spiro atoms. The summed E-state index contributed by atoms with van der Waals surface area (Å²) in [5, 5.41) is 3.99. The van der Waals surface area contributed by atoms with Gasteiger partial charge >= 0.3 is 0 Å². The van der Waals surface area contributed by atoms with Crippen molar-refractivity contribution in [2.45, 2.75) is 25.2 Å². The van der Waals surface area contributed by atoms with Crippen molar-refractivity contribution in [3.8, 4) is 0 Å². The Balaban J connectivity index is 2.12. The number of thiophene rings is 1. The molecule has 0 atom stereocenters. The van der Waals surface area contributed by atoms with E-state index in [1.807, 2.05) is 30.7 Å². The first kappa shape index (κ1) is 15.0. The Morgan fingerprint density at radius 1 is 1.25 bits per heavy atom. The second kappa shape index (κ2) is 5.95. The predicted molar refractivity (Wildman–Crippen MR) is 83.5 cm³/mol. The summed E-state index contributed by atoms with van der Waals surface area (Å²) >= 11 is 1.60. The molecular weight excluding hydrogens is 292 g/mol. The average Bonchev–Trinajstić information content (AvgIpc) is 2.86. The lowest BCUT2D eigenvalue weighted by atomic mass is 10.1. The van der Waals surface area contributed by atoms with Crippen molar-refractivity contribution in [1.82, 2.24) is 4.72 Å². The molecular formula is C14H18N2O2S2. The van der Waals surface area contributed by atoms with Crippen molar-refractivity contribution in [3.05, 3.63) is 45.6 Å². The van der Waals surface area contributed by atoms with E-state index in [2.05, 4.69) is 4.72 Å². The molecule has 0 saturated carbocycles. The molecule has 108 valence electrons. The summed E-state index contributed by atoms with van der Waals surface area (Å²) in [6.45, 7) is 4.15. The number of aryl methyl sites for hydroxylation is 2. The maximum absolute atomic E-state index is 12.3. The van der Waals surface area contributed by atoms with Gasteiger partial charge in [0.05, 0.1) is 5.69 Å². The minimum atomic E-state index is -3.56. The van der Waals surface area contributed by atoms with E-state index in [-0.39, 0.29) is 10.6 Å². The second-order valence-corrected chi connectivity index (χ2v) is 7.27. The summed E-state index contributed by atoms with van der Waals surface area (Å²) in [4.78, 5) is 0.158. The molecule has 3 N–H and O–H groups in total. The number of anilines is 1. The fourth-order valence-corrected chi connectivity index (χ4v) is 3.82. The highest BCUT2D eigenvalue weighted by Gasteiger charge is 2.17. The smallest absolute Gasteiger partial charge is 0.242 e. The van der Waals surface area contributed by atoms with Crippen LogP contribution in [0, 0.1) is 13.8 Å². The summed E-state index contributed by atoms with van der Waals surface area (Å²) in [5.41, 5.74) is 9.14. The molecule has 0 amide bonds. The van der Waals surface area contributed by atoms with Crippen molar-refractivity contribution < 1.29 is 8.42 Å². The minimum Gasteiger partial charge on any atom is -0.398 e. The molecule has 2 rings (SSSR count). The minimum absolute atomic E-state index is 0.158. The first-order valence-electron chi connectivity index (χ1n) is 6.27. The van der Waals surface area contributed by atoms with Crippen LogP contribution in [0.25, 0.3) is 0 Å². The van der Waals surface area contributed by atoms with Gasteiger partial charge in [-0.15, -0.1) is 0 Å². The van der Waals surface area contributed by atoms with Gasteiger partial charge in [-0.05, 0) is 65.9 Å². The molecule has 20 heavy (non-hydrogen) atoms. The molecule has 0 fully saturated rings. The zero-order valence-electron chi connectivity index (χ0n) is 11.5. The molecule has 4 nitrogen and oxygen atoms in total. The van der Waals surface area contributed by atoms with Crippen LogP contribution in [-0.2, 0) is 16.4 Å². The van der Waals surface area contributed by atoms with Crippen molar-refractivity contribution in [3.63, 3.8) is 0 Å². The Hall–Kier alpha value is -1.37. The standard InChI is InChI=1S/C14H18N2O2S2/c1-10-7-13(15)14(8-11(10)2)20(17,18)16-5-3-12-4-6-19-9-12/h4,6-9,16H,3,5,15H2,1-2H3. The zero-order chi connectivity index (χ0) is 14.8. The molecule has 1 aromatic heterocycles. The third-order valence-corrected chi connectivity index (χ3v) is 5.45. The number of nitrogen functional groups attached to an aromatic ring is 1. The van der Waals surface area contributed by atoms with E-state index in [1.54, 1.807) is 23.5 Å². The maximum atomic E-state index is 12.3. The van der Waals surface area contributed by atoms with Crippen molar-refractivity contribution in [2.75, 3.05) is 12.3 Å². The number of hydrogen-bond acceptors (Lipinski definition) is 4. The molecule has 0 bridgehead atoms. The van der Waals surface area contributed by atoms with Crippen LogP contribution in [0.2, 0.25) is 0 Å². The van der Waals surface area contributed by atoms with E-state index >= 15 is 0 Å². The molecule has 1 aromatic carbocycles. The maximum Gasteiger partial charge on any atom is 0.242 e. The number of nitrogens with two attached hydrogens (primary N) is 1. The number of benzene rings is 1. The van der Waals surface area contributed by atoms with Crippen LogP contribution in [0.4, 0.5) is 5.69 Å². The molecule has 0 saturated heterocycles. The summed E-state index contributed by atoms with van der Waals surface area (Å²) in [7, 11) is -3.56. The largest absolute Gasteiger partial charge is 0.398 e. The lowest BCUT2D eigenvalue weighted by Gasteiger charge is -2.11. The molecule has 6 heteroatoms. The molecule has 1 heterocycles. The van der Waals surface area contributed by atoms with Gasteiger partial charge in [0.15, 0.2) is 0 Å². The van der Waals surface area contributed by atoms with E-state index in [0.29, 0.717) is 13.0 Å². The highest BCUT2D eigenvalue weighted by Crippen LogP contribution is 2.22. The summed E-state index contributed by atoms with van der Waals surface area (Å²) in [6.07, 6.45) is 0.674. The lowest BCUT2D eigenvalue weighted by Crippen LogP contribution is -2.26. The van der Waals surface area contributed by atoms with Crippen LogP contribution in [0.15, 0.2) is 33.9 Å². The quantitative estimate of drug-likeness (QED) is 0.833. The van der Waals surface area contributed by atoms with E-state index < -0.39 is 10.0 Å². The van der Waals surface area contributed by atoms with Crippen LogP contribution in [-0.4, -0.2) is 15.0 Å². The number of hydrogen-bond donors (Lipinski definition) is 2. The van der Waals surface area contributed by atoms with Gasteiger partial charge < -0.3 is 5.73 Å². The molecule has 0 radical (unpaired) electrons. The van der Waals surface area contributed by atoms with Crippen LogP contribution in [0.1, 0.15) is 16.7 Å². The van der Waals surface area contributed by atoms with Gasteiger partial charge in [-0.2, -0.15) is 11.3 Å². The molecule has 0 aliphatic carbocycles. The third kappa shape index (κ3) is 3.39.